The first-order chi connectivity index (χ1) is 13.2. The van der Waals surface area contributed by atoms with Gasteiger partial charge in [-0.3, -0.25) is 4.79 Å². The molecule has 0 radical (unpaired) electrons. The molecule has 1 aliphatic carbocycles. The zero-order valence-corrected chi connectivity index (χ0v) is 19.2. The Morgan fingerprint density at radius 2 is 1.93 bits per heavy atom. The Balaban J connectivity index is 0.00000280. The number of hydrogen-bond acceptors (Lipinski definition) is 4. The largest absolute Gasteiger partial charge is 0.490 e. The van der Waals surface area contributed by atoms with E-state index in [2.05, 4.69) is 23.2 Å². The number of methoxy groups -OCH3 is 1. The molecule has 0 unspecified atom stereocenters. The number of para-hydroxylation sites is 1. The number of carbonyl (C=O) groups excluding carboxylic acids is 1. The number of esters is 1. The number of aliphatic imine (C=N–C) groups is 1. The van der Waals surface area contributed by atoms with Gasteiger partial charge in [0.1, 0.15) is 5.75 Å². The minimum Gasteiger partial charge on any atom is -0.490 e. The maximum absolute atomic E-state index is 11.7. The van der Waals surface area contributed by atoms with Crippen LogP contribution < -0.4 is 10.1 Å². The average Bonchev–Trinajstić information content (AvgIpc) is 2.68. The Bertz CT molecular complexity index is 656. The molecule has 1 heterocycles. The van der Waals surface area contributed by atoms with Gasteiger partial charge in [-0.05, 0) is 45.1 Å². The monoisotopic (exact) mass is 501 g/mol. The van der Waals surface area contributed by atoms with Crippen molar-refractivity contribution in [2.24, 2.45) is 10.9 Å². The Kier molecular flexibility index (Phi) is 9.34. The molecule has 2 fully saturated rings. The highest BCUT2D eigenvalue weighted by Gasteiger charge is 2.27. The topological polar surface area (TPSA) is 63.2 Å². The zero-order chi connectivity index (χ0) is 19.1. The smallest absolute Gasteiger partial charge is 0.308 e. The van der Waals surface area contributed by atoms with Crippen molar-refractivity contribution in [2.75, 3.05) is 26.7 Å². The Hall–Kier alpha value is -1.51. The highest BCUT2D eigenvalue weighted by Crippen LogP contribution is 2.28. The van der Waals surface area contributed by atoms with E-state index in [1.54, 1.807) is 0 Å². The second kappa shape index (κ2) is 11.5. The van der Waals surface area contributed by atoms with Crippen LogP contribution in [0.3, 0.4) is 0 Å². The van der Waals surface area contributed by atoms with Crippen LogP contribution in [0.2, 0.25) is 0 Å². The molecule has 0 aromatic heterocycles. The number of piperidine rings is 1. The number of carbonyl (C=O) groups is 1. The van der Waals surface area contributed by atoms with Crippen LogP contribution in [0.1, 0.15) is 44.6 Å². The fourth-order valence-corrected chi connectivity index (χ4v) is 3.50. The van der Waals surface area contributed by atoms with E-state index in [-0.39, 0.29) is 35.9 Å². The van der Waals surface area contributed by atoms with Gasteiger partial charge in [-0.25, -0.2) is 4.99 Å². The fraction of sp³-hybridized carbons (Fsp3) is 0.619. The predicted octanol–water partition coefficient (Wildman–Crippen LogP) is 3.59. The van der Waals surface area contributed by atoms with Gasteiger partial charge in [-0.2, -0.15) is 0 Å². The second-order valence-corrected chi connectivity index (χ2v) is 7.23. The zero-order valence-electron chi connectivity index (χ0n) is 16.9. The van der Waals surface area contributed by atoms with E-state index < -0.39 is 0 Å². The summed E-state index contributed by atoms with van der Waals surface area (Å²) < 4.78 is 11.0. The van der Waals surface area contributed by atoms with Crippen molar-refractivity contribution in [3.05, 3.63) is 29.8 Å². The number of ether oxygens (including phenoxy) is 2. The number of guanidine groups is 1. The van der Waals surface area contributed by atoms with Crippen molar-refractivity contribution in [1.29, 1.82) is 0 Å². The highest BCUT2D eigenvalue weighted by molar-refractivity contribution is 14.0. The van der Waals surface area contributed by atoms with Gasteiger partial charge in [-0.15, -0.1) is 24.0 Å². The lowest BCUT2D eigenvalue weighted by atomic mass is 9.96. The van der Waals surface area contributed by atoms with Crippen molar-refractivity contribution in [2.45, 2.75) is 51.7 Å². The molecule has 6 nitrogen and oxygen atoms in total. The molecule has 0 spiro atoms. The lowest BCUT2D eigenvalue weighted by molar-refractivity contribution is -0.146. The van der Waals surface area contributed by atoms with E-state index in [4.69, 9.17) is 14.5 Å². The Labute approximate surface area is 185 Å². The summed E-state index contributed by atoms with van der Waals surface area (Å²) in [5.74, 6) is 1.76. The molecule has 1 aromatic rings. The van der Waals surface area contributed by atoms with Crippen LogP contribution in [0.25, 0.3) is 0 Å². The maximum Gasteiger partial charge on any atom is 0.308 e. The van der Waals surface area contributed by atoms with Crippen LogP contribution in [0.5, 0.6) is 5.75 Å². The number of benzene rings is 1. The van der Waals surface area contributed by atoms with Crippen molar-refractivity contribution in [3.8, 4) is 5.75 Å². The van der Waals surface area contributed by atoms with Gasteiger partial charge in [0, 0.05) is 25.2 Å². The Morgan fingerprint density at radius 3 is 2.54 bits per heavy atom. The third-order valence-corrected chi connectivity index (χ3v) is 5.38. The summed E-state index contributed by atoms with van der Waals surface area (Å²) in [4.78, 5) is 18.8. The van der Waals surface area contributed by atoms with Gasteiger partial charge < -0.3 is 19.7 Å². The van der Waals surface area contributed by atoms with E-state index in [1.165, 1.54) is 13.5 Å². The molecule has 1 saturated carbocycles. The lowest BCUT2D eigenvalue weighted by Gasteiger charge is -2.33. The number of nitrogens with zero attached hydrogens (tertiary/aromatic N) is 2. The van der Waals surface area contributed by atoms with Crippen LogP contribution in [-0.4, -0.2) is 49.7 Å². The van der Waals surface area contributed by atoms with Crippen LogP contribution in [0.15, 0.2) is 29.3 Å². The van der Waals surface area contributed by atoms with Crippen LogP contribution in [0.4, 0.5) is 0 Å². The molecule has 2 aliphatic rings. The lowest BCUT2D eigenvalue weighted by Crippen LogP contribution is -2.46. The standard InChI is InChI=1S/C21H31N3O3.HI/c1-3-22-21(24-13-11-16(12-14-24)20(25)26-2)23-15-17-7-4-5-10-19(17)27-18-8-6-9-18;/h4-5,7,10,16,18H,3,6,8-9,11-15H2,1-2H3,(H,22,23);1H. The summed E-state index contributed by atoms with van der Waals surface area (Å²) in [5, 5.41) is 3.38. The fourth-order valence-electron chi connectivity index (χ4n) is 3.50. The first-order valence-electron chi connectivity index (χ1n) is 10.1. The van der Waals surface area contributed by atoms with Gasteiger partial charge in [0.15, 0.2) is 5.96 Å². The summed E-state index contributed by atoms with van der Waals surface area (Å²) in [5.41, 5.74) is 1.12. The van der Waals surface area contributed by atoms with E-state index in [1.807, 2.05) is 18.2 Å². The molecule has 3 rings (SSSR count). The third kappa shape index (κ3) is 5.99. The maximum atomic E-state index is 11.7. The third-order valence-electron chi connectivity index (χ3n) is 5.38. The highest BCUT2D eigenvalue weighted by atomic mass is 127. The second-order valence-electron chi connectivity index (χ2n) is 7.23. The molecule has 1 saturated heterocycles. The molecule has 28 heavy (non-hydrogen) atoms. The summed E-state index contributed by atoms with van der Waals surface area (Å²) in [6, 6.07) is 8.18. The number of nitrogens with one attached hydrogen (secondary N) is 1. The first-order valence-corrected chi connectivity index (χ1v) is 10.1. The minimum absolute atomic E-state index is 0. The molecule has 1 N–H and O–H groups in total. The SMILES string of the molecule is CCNC(=NCc1ccccc1OC1CCC1)N1CCC(C(=O)OC)CC1.I. The number of likely N-dealkylation sites (tertiary alicyclic amines) is 1. The normalized spacial score (nSPS) is 18.1. The van der Waals surface area contributed by atoms with Gasteiger partial charge in [0.25, 0.3) is 0 Å². The number of rotatable bonds is 6. The molecule has 1 aliphatic heterocycles. The molecular formula is C21H32IN3O3. The van der Waals surface area contributed by atoms with Gasteiger partial charge >= 0.3 is 5.97 Å². The molecular weight excluding hydrogens is 469 g/mol. The molecule has 0 atom stereocenters. The molecule has 7 heteroatoms. The van der Waals surface area contributed by atoms with E-state index in [0.717, 1.165) is 62.6 Å². The van der Waals surface area contributed by atoms with Crippen LogP contribution in [0, 0.1) is 5.92 Å². The van der Waals surface area contributed by atoms with Crippen molar-refractivity contribution in [3.63, 3.8) is 0 Å². The molecule has 0 amide bonds. The van der Waals surface area contributed by atoms with Crippen molar-refractivity contribution in [1.82, 2.24) is 10.2 Å². The van der Waals surface area contributed by atoms with E-state index in [0.29, 0.717) is 12.6 Å². The van der Waals surface area contributed by atoms with Gasteiger partial charge in [0.2, 0.25) is 0 Å². The van der Waals surface area contributed by atoms with Crippen LogP contribution in [-0.2, 0) is 16.1 Å². The average molecular weight is 501 g/mol. The van der Waals surface area contributed by atoms with Crippen LogP contribution >= 0.6 is 24.0 Å². The van der Waals surface area contributed by atoms with Gasteiger partial charge in [-0.1, -0.05) is 18.2 Å². The molecule has 0 bridgehead atoms. The summed E-state index contributed by atoms with van der Waals surface area (Å²) in [6.45, 7) is 5.10. The predicted molar refractivity (Wildman–Crippen MR) is 121 cm³/mol. The van der Waals surface area contributed by atoms with Crippen molar-refractivity contribution >= 4 is 35.9 Å². The van der Waals surface area contributed by atoms with Gasteiger partial charge in [0.05, 0.1) is 25.7 Å². The first kappa shape index (κ1) is 22.8. The quantitative estimate of drug-likeness (QED) is 0.280. The van der Waals surface area contributed by atoms with E-state index in [9.17, 15) is 4.79 Å². The summed E-state index contributed by atoms with van der Waals surface area (Å²) >= 11 is 0. The molecule has 156 valence electrons. The minimum atomic E-state index is -0.0985. The van der Waals surface area contributed by atoms with Crippen molar-refractivity contribution < 1.29 is 14.3 Å². The number of hydrogen-bond donors (Lipinski definition) is 1. The summed E-state index contributed by atoms with van der Waals surface area (Å²) in [7, 11) is 1.46. The van der Waals surface area contributed by atoms with E-state index >= 15 is 0 Å². The Morgan fingerprint density at radius 1 is 1.21 bits per heavy atom. The molecule has 1 aromatic carbocycles. The number of halogens is 1. The summed E-state index contributed by atoms with van der Waals surface area (Å²) in [6.07, 6.45) is 5.53.